The Hall–Kier alpha value is -7.71. The van der Waals surface area contributed by atoms with E-state index < -0.39 is 36.8 Å². The Labute approximate surface area is 400 Å². The van der Waals surface area contributed by atoms with Gasteiger partial charge in [-0.1, -0.05) is 189 Å². The molecule has 0 heterocycles. The molecule has 0 bridgehead atoms. The molecule has 0 aliphatic rings. The van der Waals surface area contributed by atoms with Crippen molar-refractivity contribution >= 4 is 83.2 Å². The molecule has 23 heteroatoms. The van der Waals surface area contributed by atoms with Crippen molar-refractivity contribution in [1.82, 2.24) is 0 Å². The van der Waals surface area contributed by atoms with Crippen LogP contribution < -0.4 is 5.11 Å². The fourth-order valence-corrected chi connectivity index (χ4v) is 7.27. The van der Waals surface area contributed by atoms with Gasteiger partial charge in [0, 0.05) is 32.0 Å². The van der Waals surface area contributed by atoms with Gasteiger partial charge in [0.05, 0.1) is 11.5 Å². The van der Waals surface area contributed by atoms with Gasteiger partial charge in [0.1, 0.15) is 27.9 Å². The van der Waals surface area contributed by atoms with Crippen LogP contribution in [0, 0.1) is 5.21 Å². The second-order valence-electron chi connectivity index (χ2n) is 12.8. The first-order valence-corrected chi connectivity index (χ1v) is 20.7. The van der Waals surface area contributed by atoms with Gasteiger partial charge < -0.3 is 49.6 Å². The number of halogens is 2. The fourth-order valence-electron chi connectivity index (χ4n) is 5.54. The van der Waals surface area contributed by atoms with Crippen molar-refractivity contribution in [3.8, 4) is 0 Å². The number of benzene rings is 6. The molecule has 0 saturated heterocycles. The van der Waals surface area contributed by atoms with Crippen molar-refractivity contribution in [3.05, 3.63) is 208 Å². The standard InChI is InChI=1S/C44H32B2F2N6O10S2.Fe/c47-45(61-51-38(30-17-7-2-8-18-30)37(49-59)29-15-5-1-6-16-29)62-52-39(31-19-9-3-10-20-31)40(32-21-11-4-12-22-32)53-63-46(48)64-54-42(66-36-26-14-24-34(28-36)44(57)58)41(50-60)65-35-25-13-23-33(27-35)43(55)56;/h1-28,59-60H,(H,55,56)(H,57,58);/q;+2/p-2/b49-37+,50-41-,51-38+,52-39+,53-40+,54-42-;. The fraction of sp³-hybridized carbons (Fsp3) is 0. The van der Waals surface area contributed by atoms with Gasteiger partial charge in [-0.15, -0.1) is 0 Å². The van der Waals surface area contributed by atoms with E-state index in [-0.39, 0.29) is 72.0 Å². The number of hydrogen-bond acceptors (Lipinski definition) is 17. The predicted octanol–water partition coefficient (Wildman–Crippen LogP) is 7.91. The summed E-state index contributed by atoms with van der Waals surface area (Å²) < 4.78 is 51.5. The van der Waals surface area contributed by atoms with Gasteiger partial charge >= 0.3 is 37.8 Å². The molecule has 2 N–H and O–H groups in total. The van der Waals surface area contributed by atoms with Crippen LogP contribution in [0.25, 0.3) is 0 Å². The maximum atomic E-state index is 15.7. The molecule has 6 aromatic carbocycles. The molecule has 0 aromatic heterocycles. The number of carboxylic acids is 2. The molecule has 0 saturated carbocycles. The number of nitrogens with zero attached hydrogens (tertiary/aromatic N) is 6. The largest absolute Gasteiger partial charge is 2.00 e. The van der Waals surface area contributed by atoms with E-state index in [0.29, 0.717) is 34.7 Å². The van der Waals surface area contributed by atoms with E-state index in [9.17, 15) is 30.2 Å². The van der Waals surface area contributed by atoms with Crippen molar-refractivity contribution in [3.63, 3.8) is 0 Å². The van der Waals surface area contributed by atoms with E-state index in [1.165, 1.54) is 48.5 Å². The summed E-state index contributed by atoms with van der Waals surface area (Å²) in [6.07, 6.45) is 0. The van der Waals surface area contributed by atoms with Crippen LogP contribution in [0.4, 0.5) is 8.63 Å². The Balaban J connectivity index is 0.00000840. The number of hydrogen-bond donors (Lipinski definition) is 2. The summed E-state index contributed by atoms with van der Waals surface area (Å²) in [6, 6.07) is 43.9. The number of rotatable bonds is 18. The van der Waals surface area contributed by atoms with Crippen molar-refractivity contribution in [2.45, 2.75) is 9.79 Å². The third kappa shape index (κ3) is 14.6. The minimum atomic E-state index is -2.81. The SMILES string of the molecule is O=C([O-])c1cccc(SC(=N\OB(F)O/N=C(/C(=N/OB(F)O/N=C(/C(=N/O)c2ccccc2)c2ccccc2)c2ccccc2)c2ccccc2)/C(=N/[O-])Sc2cccc(C(=O)O)c2)c1.[Fe+2]. The van der Waals surface area contributed by atoms with Crippen molar-refractivity contribution in [1.29, 1.82) is 0 Å². The van der Waals surface area contributed by atoms with E-state index in [1.807, 2.05) is 0 Å². The Morgan fingerprint density at radius 1 is 0.493 bits per heavy atom. The topological polar surface area (TPSA) is 232 Å². The second-order valence-corrected chi connectivity index (χ2v) is 15.0. The van der Waals surface area contributed by atoms with Gasteiger partial charge in [-0.25, -0.2) is 13.4 Å². The molecule has 6 rings (SSSR count). The third-order valence-electron chi connectivity index (χ3n) is 8.48. The molecule has 0 aliphatic heterocycles. The summed E-state index contributed by atoms with van der Waals surface area (Å²) in [4.78, 5) is 23.6. The number of carbonyl (C=O) groups is 2. The first kappa shape index (κ1) is 50.3. The third-order valence-corrected chi connectivity index (χ3v) is 10.5. The number of thioether (sulfide) groups is 2. The van der Waals surface area contributed by atoms with Crippen molar-refractivity contribution in [2.75, 3.05) is 0 Å². The van der Waals surface area contributed by atoms with E-state index >= 15 is 8.63 Å². The number of aromatic carboxylic acids is 2. The molecule has 67 heavy (non-hydrogen) atoms. The van der Waals surface area contributed by atoms with Crippen molar-refractivity contribution < 1.29 is 69.7 Å². The second kappa shape index (κ2) is 25.7. The molecule has 6 aromatic rings. The average Bonchev–Trinajstić information content (AvgIpc) is 3.35. The van der Waals surface area contributed by atoms with Crippen LogP contribution in [0.1, 0.15) is 43.0 Å². The molecular weight excluding hydrogens is 952 g/mol. The molecule has 0 atom stereocenters. The van der Waals surface area contributed by atoms with E-state index in [1.54, 1.807) is 121 Å². The first-order chi connectivity index (χ1) is 32.1. The van der Waals surface area contributed by atoms with Gasteiger partial charge in [-0.2, -0.15) is 0 Å². The molecule has 0 unspecified atom stereocenters. The van der Waals surface area contributed by atoms with Crippen LogP contribution >= 0.6 is 23.5 Å². The number of carboxylic acid groups (broad SMARTS) is 2. The Morgan fingerprint density at radius 3 is 1.22 bits per heavy atom. The first-order valence-electron chi connectivity index (χ1n) is 19.0. The van der Waals surface area contributed by atoms with Gasteiger partial charge in [-0.3, -0.25) is 0 Å². The molecule has 0 aliphatic carbocycles. The van der Waals surface area contributed by atoms with Crippen LogP contribution in [0.3, 0.4) is 0 Å². The quantitative estimate of drug-likeness (QED) is 0.0209. The Bertz CT molecular complexity index is 2810. The molecular formula is C44H30B2F2FeN6O10S2. The van der Waals surface area contributed by atoms with Gasteiger partial charge in [-0.05, 0) is 35.9 Å². The maximum Gasteiger partial charge on any atom is 2.00 e. The summed E-state index contributed by atoms with van der Waals surface area (Å²) in [5.41, 5.74) is 0.600. The minimum absolute atomic E-state index is 0. The summed E-state index contributed by atoms with van der Waals surface area (Å²) in [6.45, 7) is 0. The van der Waals surface area contributed by atoms with Crippen molar-refractivity contribution in [2.24, 2.45) is 30.9 Å². The zero-order valence-corrected chi connectivity index (χ0v) is 36.8. The summed E-state index contributed by atoms with van der Waals surface area (Å²) in [7, 11) is -5.48. The van der Waals surface area contributed by atoms with E-state index in [0.717, 1.165) is 0 Å². The molecule has 336 valence electrons. The van der Waals surface area contributed by atoms with E-state index in [2.05, 4.69) is 30.9 Å². The van der Waals surface area contributed by atoms with Crippen LogP contribution in [0.15, 0.2) is 211 Å². The minimum Gasteiger partial charge on any atom is -0.791 e. The molecule has 0 spiro atoms. The average molecular weight is 982 g/mol. The van der Waals surface area contributed by atoms with E-state index in [4.69, 9.17) is 19.0 Å². The van der Waals surface area contributed by atoms with Gasteiger partial charge in [0.15, 0.2) is 5.04 Å². The summed E-state index contributed by atoms with van der Waals surface area (Å²) >= 11 is 1.33. The predicted molar refractivity (Wildman–Crippen MR) is 246 cm³/mol. The van der Waals surface area contributed by atoms with Crippen LogP contribution in [-0.4, -0.2) is 70.0 Å². The monoisotopic (exact) mass is 982 g/mol. The smallest absolute Gasteiger partial charge is 0.791 e. The summed E-state index contributed by atoms with van der Waals surface area (Å²) in [5.74, 6) is -2.74. The zero-order valence-electron chi connectivity index (χ0n) is 34.1. The normalized spacial score (nSPS) is 12.3. The molecule has 0 amide bonds. The Kier molecular flexibility index (Phi) is 19.3. The Morgan fingerprint density at radius 2 is 0.836 bits per heavy atom. The molecule has 16 nitrogen and oxygen atoms in total. The van der Waals surface area contributed by atoms with Gasteiger partial charge in [0.2, 0.25) is 0 Å². The number of carbonyl (C=O) groups excluding carboxylic acids is 1. The molecule has 0 fully saturated rings. The maximum absolute atomic E-state index is 15.7. The zero-order chi connectivity index (χ0) is 46.7. The van der Waals surface area contributed by atoms with Crippen LogP contribution in [0.2, 0.25) is 0 Å². The van der Waals surface area contributed by atoms with Gasteiger partial charge in [0.25, 0.3) is 0 Å². The van der Waals surface area contributed by atoms with Crippen LogP contribution in [-0.2, 0) is 36.1 Å². The summed E-state index contributed by atoms with van der Waals surface area (Å²) in [5, 5.41) is 64.3. The van der Waals surface area contributed by atoms with Crippen LogP contribution in [0.5, 0.6) is 0 Å². The number of oxime groups is 5. The molecule has 0 radical (unpaired) electrons.